The first-order chi connectivity index (χ1) is 18.6. The minimum Gasteiger partial charge on any atom is -0.458 e. The molecule has 0 N–H and O–H groups in total. The number of hydrogen-bond donors (Lipinski definition) is 0. The third kappa shape index (κ3) is 6.34. The lowest BCUT2D eigenvalue weighted by Gasteiger charge is -2.29. The van der Waals surface area contributed by atoms with Gasteiger partial charge in [0.25, 0.3) is 0 Å². The smallest absolute Gasteiger partial charge is 0.458 e. The zero-order valence-corrected chi connectivity index (χ0v) is 20.3. The van der Waals surface area contributed by atoms with Crippen LogP contribution in [0.2, 0.25) is 0 Å². The summed E-state index contributed by atoms with van der Waals surface area (Å²) in [6, 6.07) is 6.38. The highest BCUT2D eigenvalue weighted by Crippen LogP contribution is 2.49. The van der Waals surface area contributed by atoms with Gasteiger partial charge in [0.05, 0.1) is 0 Å². The van der Waals surface area contributed by atoms with E-state index in [0.29, 0.717) is 38.4 Å². The molecular formula is C23H16F14N2O2. The highest BCUT2D eigenvalue weighted by Gasteiger charge is 2.75. The molecule has 0 heterocycles. The van der Waals surface area contributed by atoms with Crippen molar-refractivity contribution in [3.05, 3.63) is 59.7 Å². The SMILES string of the molecule is CN=C(c1ccc(OCOc2ccc(C(=NC)C(F)(F)C(F)(F)C(F)(F)F)cc2)cc1)C(F)(F)C(F)(F)C(F)(F)F. The first-order valence-electron chi connectivity index (χ1n) is 10.6. The van der Waals surface area contributed by atoms with Crippen molar-refractivity contribution in [3.8, 4) is 11.5 Å². The fourth-order valence-corrected chi connectivity index (χ4v) is 3.14. The third-order valence-corrected chi connectivity index (χ3v) is 5.25. The van der Waals surface area contributed by atoms with Gasteiger partial charge in [-0.05, 0) is 48.5 Å². The Balaban J connectivity index is 2.11. The van der Waals surface area contributed by atoms with Crippen LogP contribution in [0.3, 0.4) is 0 Å². The van der Waals surface area contributed by atoms with E-state index in [4.69, 9.17) is 9.47 Å². The van der Waals surface area contributed by atoms with E-state index in [-0.39, 0.29) is 11.5 Å². The quantitative estimate of drug-likeness (QED) is 0.156. The van der Waals surface area contributed by atoms with E-state index < -0.39 is 65.4 Å². The molecule has 0 fully saturated rings. The molecule has 0 atom stereocenters. The molecule has 41 heavy (non-hydrogen) atoms. The van der Waals surface area contributed by atoms with E-state index in [0.717, 1.165) is 24.3 Å². The second-order valence-corrected chi connectivity index (χ2v) is 7.89. The molecule has 0 amide bonds. The lowest BCUT2D eigenvalue weighted by Crippen LogP contribution is -2.56. The lowest BCUT2D eigenvalue weighted by molar-refractivity contribution is -0.336. The van der Waals surface area contributed by atoms with Crippen molar-refractivity contribution in [1.29, 1.82) is 0 Å². The number of halogens is 14. The molecular weight excluding hydrogens is 602 g/mol. The van der Waals surface area contributed by atoms with E-state index >= 15 is 0 Å². The van der Waals surface area contributed by atoms with Crippen molar-refractivity contribution in [1.82, 2.24) is 0 Å². The van der Waals surface area contributed by atoms with Gasteiger partial charge in [-0.15, -0.1) is 0 Å². The lowest BCUT2D eigenvalue weighted by atomic mass is 9.98. The first-order valence-corrected chi connectivity index (χ1v) is 10.6. The molecule has 0 aliphatic carbocycles. The summed E-state index contributed by atoms with van der Waals surface area (Å²) in [5.74, 6) is -24.7. The van der Waals surface area contributed by atoms with Gasteiger partial charge in [-0.3, -0.25) is 9.98 Å². The minimum atomic E-state index is -6.58. The van der Waals surface area contributed by atoms with Gasteiger partial charge < -0.3 is 9.47 Å². The summed E-state index contributed by atoms with van der Waals surface area (Å²) in [6.07, 6.45) is -13.2. The van der Waals surface area contributed by atoms with Crippen LogP contribution >= 0.6 is 0 Å². The van der Waals surface area contributed by atoms with Crippen molar-refractivity contribution in [2.45, 2.75) is 36.0 Å². The van der Waals surface area contributed by atoms with Gasteiger partial charge in [0, 0.05) is 25.2 Å². The summed E-state index contributed by atoms with van der Waals surface area (Å²) in [5, 5.41) is 0. The Bertz CT molecular complexity index is 1150. The number of ether oxygens (including phenoxy) is 2. The van der Waals surface area contributed by atoms with Crippen LogP contribution in [0.15, 0.2) is 58.5 Å². The molecule has 2 aromatic carbocycles. The number of nitrogens with zero attached hydrogens (tertiary/aromatic N) is 2. The Labute approximate surface area is 221 Å². The monoisotopic (exact) mass is 618 g/mol. The van der Waals surface area contributed by atoms with Gasteiger partial charge in [0.2, 0.25) is 6.79 Å². The van der Waals surface area contributed by atoms with Crippen LogP contribution < -0.4 is 9.47 Å². The third-order valence-electron chi connectivity index (χ3n) is 5.25. The maximum atomic E-state index is 14.0. The van der Waals surface area contributed by atoms with E-state index in [1.807, 2.05) is 0 Å². The van der Waals surface area contributed by atoms with E-state index in [1.165, 1.54) is 0 Å². The standard InChI is InChI=1S/C23H16F14N2O2/c1-38-16(18(24,25)20(28,29)22(32,33)34)12-3-7-14(8-4-12)40-11-41-15-9-5-13(6-10-15)17(39-2)19(26,27)21(30,31)23(35,36)37/h3-10H,11H2,1-2H3. The number of alkyl halides is 14. The average Bonchev–Trinajstić information content (AvgIpc) is 2.85. The summed E-state index contributed by atoms with van der Waals surface area (Å²) in [4.78, 5) is 5.75. The van der Waals surface area contributed by atoms with Crippen LogP contribution in [0.25, 0.3) is 0 Å². The largest absolute Gasteiger partial charge is 0.460 e. The fraction of sp³-hybridized carbons (Fsp3) is 0.391. The van der Waals surface area contributed by atoms with Gasteiger partial charge in [-0.25, -0.2) is 0 Å². The average molecular weight is 618 g/mol. The molecule has 18 heteroatoms. The Morgan fingerprint density at radius 1 is 0.512 bits per heavy atom. The predicted octanol–water partition coefficient (Wildman–Crippen LogP) is 7.61. The number of aliphatic imine (C=N–C) groups is 2. The van der Waals surface area contributed by atoms with Crippen LogP contribution in [0.1, 0.15) is 11.1 Å². The van der Waals surface area contributed by atoms with Crippen molar-refractivity contribution in [2.24, 2.45) is 9.98 Å². The van der Waals surface area contributed by atoms with Crippen molar-refractivity contribution in [2.75, 3.05) is 20.9 Å². The van der Waals surface area contributed by atoms with Gasteiger partial charge >= 0.3 is 36.0 Å². The molecule has 0 aliphatic rings. The molecule has 228 valence electrons. The maximum Gasteiger partial charge on any atom is 0.460 e. The highest BCUT2D eigenvalue weighted by molar-refractivity contribution is 6.07. The Kier molecular flexibility index (Phi) is 9.30. The fourth-order valence-electron chi connectivity index (χ4n) is 3.14. The van der Waals surface area contributed by atoms with Crippen LogP contribution in [0.4, 0.5) is 61.5 Å². The van der Waals surface area contributed by atoms with Crippen molar-refractivity contribution in [3.63, 3.8) is 0 Å². The van der Waals surface area contributed by atoms with E-state index in [1.54, 1.807) is 0 Å². The number of rotatable bonds is 10. The van der Waals surface area contributed by atoms with Gasteiger partial charge in [-0.1, -0.05) is 0 Å². The summed E-state index contributed by atoms with van der Waals surface area (Å²) in [5.41, 5.74) is -5.33. The summed E-state index contributed by atoms with van der Waals surface area (Å²) >= 11 is 0. The second kappa shape index (κ2) is 11.3. The van der Waals surface area contributed by atoms with E-state index in [2.05, 4.69) is 9.98 Å². The van der Waals surface area contributed by atoms with Crippen molar-refractivity contribution < 1.29 is 70.9 Å². The number of hydrogen-bond acceptors (Lipinski definition) is 4. The Hall–Kier alpha value is -3.60. The molecule has 2 rings (SSSR count). The van der Waals surface area contributed by atoms with Crippen LogP contribution in [0, 0.1) is 0 Å². The number of benzene rings is 2. The van der Waals surface area contributed by atoms with Crippen LogP contribution in [-0.4, -0.2) is 68.4 Å². The molecule has 2 aromatic rings. The maximum absolute atomic E-state index is 14.0. The topological polar surface area (TPSA) is 43.2 Å². The molecule has 0 aliphatic heterocycles. The molecule has 0 aromatic heterocycles. The van der Waals surface area contributed by atoms with Crippen LogP contribution in [0.5, 0.6) is 11.5 Å². The predicted molar refractivity (Wildman–Crippen MR) is 116 cm³/mol. The molecule has 0 bridgehead atoms. The highest BCUT2D eigenvalue weighted by atomic mass is 19.4. The van der Waals surface area contributed by atoms with Gasteiger partial charge in [-0.2, -0.15) is 61.5 Å². The molecule has 0 saturated carbocycles. The Morgan fingerprint density at radius 3 is 1.00 bits per heavy atom. The molecule has 0 radical (unpaired) electrons. The summed E-state index contributed by atoms with van der Waals surface area (Å²) in [7, 11) is 1.16. The normalized spacial score (nSPS) is 14.7. The van der Waals surface area contributed by atoms with E-state index in [9.17, 15) is 61.5 Å². The van der Waals surface area contributed by atoms with Gasteiger partial charge in [0.15, 0.2) is 0 Å². The first kappa shape index (κ1) is 33.6. The van der Waals surface area contributed by atoms with Gasteiger partial charge in [0.1, 0.15) is 22.9 Å². The molecule has 0 spiro atoms. The zero-order chi connectivity index (χ0) is 31.7. The summed E-state index contributed by atoms with van der Waals surface area (Å²) < 4.78 is 195. The zero-order valence-electron chi connectivity index (χ0n) is 20.3. The van der Waals surface area contributed by atoms with Crippen molar-refractivity contribution >= 4 is 11.4 Å². The minimum absolute atomic E-state index is 0.179. The van der Waals surface area contributed by atoms with Crippen LogP contribution in [-0.2, 0) is 0 Å². The molecule has 0 unspecified atom stereocenters. The summed E-state index contributed by atoms with van der Waals surface area (Å²) in [6.45, 7) is -0.702. The Morgan fingerprint density at radius 2 is 0.780 bits per heavy atom. The molecule has 4 nitrogen and oxygen atoms in total. The second-order valence-electron chi connectivity index (χ2n) is 7.89. The molecule has 0 saturated heterocycles.